The number of aromatic nitrogens is 4. The van der Waals surface area contributed by atoms with E-state index in [1.165, 1.54) is 16.7 Å². The average molecular weight is 520 g/mol. The van der Waals surface area contributed by atoms with Crippen LogP contribution in [-0.2, 0) is 0 Å². The van der Waals surface area contributed by atoms with Gasteiger partial charge in [-0.3, -0.25) is 0 Å². The van der Waals surface area contributed by atoms with Crippen molar-refractivity contribution in [3.63, 3.8) is 0 Å². The Morgan fingerprint density at radius 1 is 0.622 bits per heavy atom. The lowest BCUT2D eigenvalue weighted by Crippen LogP contribution is -1.99. The molecule has 0 amide bonds. The Kier molecular flexibility index (Phi) is 6.16. The van der Waals surface area contributed by atoms with Gasteiger partial charge in [-0.05, 0) is 20.8 Å². The molecule has 0 saturated carbocycles. The highest BCUT2D eigenvalue weighted by molar-refractivity contribution is 7.14. The first-order chi connectivity index (χ1) is 18.0. The standard InChI is InChI=1S/C30H25N5S2/c1-19-4-10-22(11-5-19)25-17-36-29(31-25)33-28-16-27(24-14-8-21(3)9-15-24)35(34-28)30-32-26(18-37-30)23-12-6-20(2)7-13-23/h4-18H,1-3H3,(H,31,33,34). The predicted octanol–water partition coefficient (Wildman–Crippen LogP) is 8.46. The molecular weight excluding hydrogens is 494 g/mol. The second kappa shape index (κ2) is 9.76. The molecule has 0 bridgehead atoms. The predicted molar refractivity (Wildman–Crippen MR) is 155 cm³/mol. The van der Waals surface area contributed by atoms with E-state index in [-0.39, 0.29) is 0 Å². The minimum Gasteiger partial charge on any atom is -0.315 e. The normalized spacial score (nSPS) is 11.1. The smallest absolute Gasteiger partial charge is 0.211 e. The van der Waals surface area contributed by atoms with E-state index in [1.54, 1.807) is 22.7 Å². The number of hydrogen-bond acceptors (Lipinski definition) is 6. The maximum Gasteiger partial charge on any atom is 0.211 e. The Hall–Kier alpha value is -4.07. The van der Waals surface area contributed by atoms with Crippen LogP contribution in [-0.4, -0.2) is 19.7 Å². The Morgan fingerprint density at radius 3 is 1.73 bits per heavy atom. The number of rotatable bonds is 6. The number of hydrogen-bond donors (Lipinski definition) is 1. The fourth-order valence-corrected chi connectivity index (χ4v) is 5.56. The molecule has 5 nitrogen and oxygen atoms in total. The van der Waals surface area contributed by atoms with Crippen LogP contribution in [0.2, 0.25) is 0 Å². The van der Waals surface area contributed by atoms with Gasteiger partial charge in [0.25, 0.3) is 0 Å². The molecule has 0 aliphatic heterocycles. The van der Waals surface area contributed by atoms with Gasteiger partial charge in [0.05, 0.1) is 17.1 Å². The molecule has 3 heterocycles. The highest BCUT2D eigenvalue weighted by atomic mass is 32.1. The lowest BCUT2D eigenvalue weighted by Gasteiger charge is -2.04. The average Bonchev–Trinajstić information content (AvgIpc) is 3.66. The van der Waals surface area contributed by atoms with Gasteiger partial charge in [0.1, 0.15) is 0 Å². The Morgan fingerprint density at radius 2 is 1.14 bits per heavy atom. The van der Waals surface area contributed by atoms with Gasteiger partial charge in [-0.15, -0.1) is 27.8 Å². The molecule has 1 N–H and O–H groups in total. The number of aryl methyl sites for hydroxylation is 3. The summed E-state index contributed by atoms with van der Waals surface area (Å²) in [7, 11) is 0. The quantitative estimate of drug-likeness (QED) is 0.240. The zero-order valence-corrected chi connectivity index (χ0v) is 22.4. The van der Waals surface area contributed by atoms with E-state index in [2.05, 4.69) is 116 Å². The fraction of sp³-hybridized carbons (Fsp3) is 0.100. The molecule has 0 atom stereocenters. The monoisotopic (exact) mass is 519 g/mol. The lowest BCUT2D eigenvalue weighted by molar-refractivity contribution is 0.881. The van der Waals surface area contributed by atoms with Crippen molar-refractivity contribution in [3.8, 4) is 38.9 Å². The molecule has 0 aliphatic carbocycles. The Balaban J connectivity index is 1.35. The van der Waals surface area contributed by atoms with Gasteiger partial charge in [-0.2, -0.15) is 0 Å². The molecule has 7 heteroatoms. The third kappa shape index (κ3) is 4.96. The Labute approximate surface area is 224 Å². The Bertz CT molecular complexity index is 1660. The van der Waals surface area contributed by atoms with Gasteiger partial charge in [-0.1, -0.05) is 89.5 Å². The SMILES string of the molecule is Cc1ccc(-c2csc(Nc3cc(-c4ccc(C)cc4)n(-c4nc(-c5ccc(C)cc5)cs4)n3)n2)cc1. The second-order valence-electron chi connectivity index (χ2n) is 9.10. The van der Waals surface area contributed by atoms with Crippen LogP contribution in [0.3, 0.4) is 0 Å². The molecule has 6 rings (SSSR count). The van der Waals surface area contributed by atoms with Gasteiger partial charge in [0, 0.05) is 33.5 Å². The second-order valence-corrected chi connectivity index (χ2v) is 10.8. The van der Waals surface area contributed by atoms with Crippen molar-refractivity contribution in [2.75, 3.05) is 5.32 Å². The largest absolute Gasteiger partial charge is 0.315 e. The minimum absolute atomic E-state index is 0.729. The van der Waals surface area contributed by atoms with E-state index in [4.69, 9.17) is 15.1 Å². The van der Waals surface area contributed by atoms with Crippen LogP contribution in [0.5, 0.6) is 0 Å². The topological polar surface area (TPSA) is 55.6 Å². The van der Waals surface area contributed by atoms with Crippen molar-refractivity contribution in [1.29, 1.82) is 0 Å². The maximum absolute atomic E-state index is 4.93. The van der Waals surface area contributed by atoms with Crippen molar-refractivity contribution in [2.45, 2.75) is 20.8 Å². The molecule has 0 radical (unpaired) electrons. The zero-order valence-electron chi connectivity index (χ0n) is 20.8. The van der Waals surface area contributed by atoms with E-state index in [0.29, 0.717) is 0 Å². The molecule has 3 aromatic heterocycles. The lowest BCUT2D eigenvalue weighted by atomic mass is 10.1. The van der Waals surface area contributed by atoms with Crippen molar-refractivity contribution in [3.05, 3.63) is 106 Å². The third-order valence-corrected chi connectivity index (χ3v) is 7.74. The van der Waals surface area contributed by atoms with Gasteiger partial charge in [0.15, 0.2) is 10.9 Å². The first-order valence-corrected chi connectivity index (χ1v) is 13.8. The summed E-state index contributed by atoms with van der Waals surface area (Å²) in [6.45, 7) is 6.28. The van der Waals surface area contributed by atoms with Gasteiger partial charge in [-0.25, -0.2) is 14.6 Å². The molecule has 37 heavy (non-hydrogen) atoms. The molecule has 182 valence electrons. The van der Waals surface area contributed by atoms with E-state index in [9.17, 15) is 0 Å². The number of nitrogens with zero attached hydrogens (tertiary/aromatic N) is 4. The van der Waals surface area contributed by atoms with Crippen LogP contribution in [0.1, 0.15) is 16.7 Å². The van der Waals surface area contributed by atoms with Crippen LogP contribution in [0.4, 0.5) is 10.9 Å². The number of anilines is 2. The van der Waals surface area contributed by atoms with Crippen molar-refractivity contribution >= 4 is 33.6 Å². The molecule has 0 unspecified atom stereocenters. The summed E-state index contributed by atoms with van der Waals surface area (Å²) >= 11 is 3.15. The van der Waals surface area contributed by atoms with Crippen LogP contribution >= 0.6 is 22.7 Å². The van der Waals surface area contributed by atoms with Gasteiger partial charge >= 0.3 is 0 Å². The first kappa shape index (κ1) is 23.3. The van der Waals surface area contributed by atoms with E-state index in [1.807, 2.05) is 4.68 Å². The molecular formula is C30H25N5S2. The summed E-state index contributed by atoms with van der Waals surface area (Å²) in [5.74, 6) is 0.729. The van der Waals surface area contributed by atoms with E-state index in [0.717, 1.165) is 49.9 Å². The fourth-order valence-electron chi connectivity index (χ4n) is 4.03. The number of thiazole rings is 2. The maximum atomic E-state index is 4.93. The van der Waals surface area contributed by atoms with Gasteiger partial charge < -0.3 is 5.32 Å². The molecule has 0 spiro atoms. The first-order valence-electron chi connectivity index (χ1n) is 12.0. The summed E-state index contributed by atoms with van der Waals surface area (Å²) < 4.78 is 1.92. The summed E-state index contributed by atoms with van der Waals surface area (Å²) in [6.07, 6.45) is 0. The molecule has 0 aliphatic rings. The highest BCUT2D eigenvalue weighted by Gasteiger charge is 2.16. The molecule has 0 fully saturated rings. The molecule has 6 aromatic rings. The minimum atomic E-state index is 0.729. The summed E-state index contributed by atoms with van der Waals surface area (Å²) in [5, 5.41) is 14.1. The van der Waals surface area contributed by atoms with Crippen LogP contribution in [0, 0.1) is 20.8 Å². The number of benzene rings is 3. The summed E-state index contributed by atoms with van der Waals surface area (Å²) in [5.41, 5.74) is 9.84. The third-order valence-electron chi connectivity index (χ3n) is 6.16. The molecule has 0 saturated heterocycles. The van der Waals surface area contributed by atoms with Crippen molar-refractivity contribution in [1.82, 2.24) is 19.7 Å². The van der Waals surface area contributed by atoms with Crippen LogP contribution < -0.4 is 5.32 Å². The zero-order chi connectivity index (χ0) is 25.4. The summed E-state index contributed by atoms with van der Waals surface area (Å²) in [6, 6.07) is 27.4. The van der Waals surface area contributed by atoms with Crippen molar-refractivity contribution in [2.24, 2.45) is 0 Å². The van der Waals surface area contributed by atoms with Crippen LogP contribution in [0.25, 0.3) is 38.9 Å². The van der Waals surface area contributed by atoms with E-state index < -0.39 is 0 Å². The summed E-state index contributed by atoms with van der Waals surface area (Å²) in [4.78, 5) is 9.73. The van der Waals surface area contributed by atoms with E-state index >= 15 is 0 Å². The highest BCUT2D eigenvalue weighted by Crippen LogP contribution is 2.32. The van der Waals surface area contributed by atoms with Crippen molar-refractivity contribution < 1.29 is 0 Å². The number of nitrogens with one attached hydrogen (secondary N) is 1. The van der Waals surface area contributed by atoms with Crippen LogP contribution in [0.15, 0.2) is 89.6 Å². The molecule has 3 aromatic carbocycles. The van der Waals surface area contributed by atoms with Gasteiger partial charge in [0.2, 0.25) is 5.13 Å².